The first-order valence-electron chi connectivity index (χ1n) is 6.16. The van der Waals surface area contributed by atoms with Crippen LogP contribution in [0.15, 0.2) is 18.3 Å². The lowest BCUT2D eigenvalue weighted by Crippen LogP contribution is -2.18. The molecule has 0 aromatic carbocycles. The molecule has 0 aliphatic carbocycles. The van der Waals surface area contributed by atoms with Gasteiger partial charge in [0.2, 0.25) is 0 Å². The highest BCUT2D eigenvalue weighted by molar-refractivity contribution is 5.08. The highest BCUT2D eigenvalue weighted by Crippen LogP contribution is 2.14. The molecule has 0 fully saturated rings. The van der Waals surface area contributed by atoms with E-state index in [0.29, 0.717) is 6.04 Å². The summed E-state index contributed by atoms with van der Waals surface area (Å²) in [6, 6.07) is 4.97. The predicted molar refractivity (Wildman–Crippen MR) is 66.0 cm³/mol. The summed E-state index contributed by atoms with van der Waals surface area (Å²) in [6.45, 7) is 8.86. The van der Waals surface area contributed by atoms with Crippen molar-refractivity contribution < 1.29 is 0 Å². The highest BCUT2D eigenvalue weighted by Gasteiger charge is 2.05. The van der Waals surface area contributed by atoms with E-state index in [0.717, 1.165) is 13.1 Å². The highest BCUT2D eigenvalue weighted by atomic mass is 15.0. The van der Waals surface area contributed by atoms with Crippen LogP contribution in [0.25, 0.3) is 0 Å². The fourth-order valence-electron chi connectivity index (χ4n) is 1.72. The summed E-state index contributed by atoms with van der Waals surface area (Å²) in [5.74, 6) is 0. The van der Waals surface area contributed by atoms with Gasteiger partial charge in [0.1, 0.15) is 0 Å². The van der Waals surface area contributed by atoms with Crippen molar-refractivity contribution in [1.82, 2.24) is 9.88 Å². The van der Waals surface area contributed by atoms with Crippen molar-refractivity contribution in [2.45, 2.75) is 52.6 Å². The molecule has 1 rings (SSSR count). The SMILES string of the molecule is CCCCNCc1cccn1[C@H](C)CC. The van der Waals surface area contributed by atoms with Crippen LogP contribution in [-0.2, 0) is 6.54 Å². The van der Waals surface area contributed by atoms with Gasteiger partial charge < -0.3 is 9.88 Å². The maximum absolute atomic E-state index is 3.49. The second kappa shape index (κ2) is 6.67. The van der Waals surface area contributed by atoms with E-state index < -0.39 is 0 Å². The van der Waals surface area contributed by atoms with Crippen molar-refractivity contribution in [3.05, 3.63) is 24.0 Å². The summed E-state index contributed by atoms with van der Waals surface area (Å²) >= 11 is 0. The standard InChI is InChI=1S/C13H24N2/c1-4-6-9-14-11-13-8-7-10-15(13)12(3)5-2/h7-8,10,12,14H,4-6,9,11H2,1-3H3/t12-/m1/s1. The van der Waals surface area contributed by atoms with Gasteiger partial charge in [0, 0.05) is 24.5 Å². The molecular formula is C13H24N2. The van der Waals surface area contributed by atoms with E-state index in [9.17, 15) is 0 Å². The molecule has 0 saturated carbocycles. The van der Waals surface area contributed by atoms with Crippen LogP contribution >= 0.6 is 0 Å². The average Bonchev–Trinajstić information content (AvgIpc) is 2.71. The van der Waals surface area contributed by atoms with Crippen LogP contribution in [0.1, 0.15) is 51.8 Å². The molecule has 0 amide bonds. The van der Waals surface area contributed by atoms with Crippen LogP contribution in [0.5, 0.6) is 0 Å². The Kier molecular flexibility index (Phi) is 5.48. The Bertz CT molecular complexity index is 265. The van der Waals surface area contributed by atoms with Gasteiger partial charge in [0.25, 0.3) is 0 Å². The molecule has 1 atom stereocenters. The molecule has 0 bridgehead atoms. The van der Waals surface area contributed by atoms with Crippen molar-refractivity contribution in [2.75, 3.05) is 6.54 Å². The minimum Gasteiger partial charge on any atom is -0.347 e. The quantitative estimate of drug-likeness (QED) is 0.680. The van der Waals surface area contributed by atoms with E-state index in [4.69, 9.17) is 0 Å². The van der Waals surface area contributed by atoms with E-state index in [2.05, 4.69) is 49.0 Å². The number of hydrogen-bond donors (Lipinski definition) is 1. The fraction of sp³-hybridized carbons (Fsp3) is 0.692. The molecule has 0 saturated heterocycles. The third kappa shape index (κ3) is 3.71. The van der Waals surface area contributed by atoms with Crippen LogP contribution in [0, 0.1) is 0 Å². The van der Waals surface area contributed by atoms with Crippen molar-refractivity contribution in [2.24, 2.45) is 0 Å². The topological polar surface area (TPSA) is 17.0 Å². The van der Waals surface area contributed by atoms with E-state index in [1.807, 2.05) is 0 Å². The molecule has 1 N–H and O–H groups in total. The Morgan fingerprint density at radius 1 is 1.40 bits per heavy atom. The molecular weight excluding hydrogens is 184 g/mol. The monoisotopic (exact) mass is 208 g/mol. The number of aromatic nitrogens is 1. The summed E-state index contributed by atoms with van der Waals surface area (Å²) in [4.78, 5) is 0. The Morgan fingerprint density at radius 3 is 2.87 bits per heavy atom. The zero-order chi connectivity index (χ0) is 11.1. The molecule has 0 radical (unpaired) electrons. The van der Waals surface area contributed by atoms with Crippen LogP contribution in [-0.4, -0.2) is 11.1 Å². The Morgan fingerprint density at radius 2 is 2.20 bits per heavy atom. The number of nitrogens with one attached hydrogen (secondary N) is 1. The van der Waals surface area contributed by atoms with Crippen LogP contribution < -0.4 is 5.32 Å². The predicted octanol–water partition coefficient (Wildman–Crippen LogP) is 3.35. The van der Waals surface area contributed by atoms with E-state index in [-0.39, 0.29) is 0 Å². The summed E-state index contributed by atoms with van der Waals surface area (Å²) in [6.07, 6.45) is 5.91. The second-order valence-corrected chi connectivity index (χ2v) is 4.19. The second-order valence-electron chi connectivity index (χ2n) is 4.19. The zero-order valence-electron chi connectivity index (χ0n) is 10.3. The summed E-state index contributed by atoms with van der Waals surface area (Å²) in [5, 5.41) is 3.49. The third-order valence-electron chi connectivity index (χ3n) is 2.95. The molecule has 1 aromatic heterocycles. The summed E-state index contributed by atoms with van der Waals surface area (Å²) < 4.78 is 2.37. The fourth-order valence-corrected chi connectivity index (χ4v) is 1.72. The largest absolute Gasteiger partial charge is 0.347 e. The van der Waals surface area contributed by atoms with Gasteiger partial charge in [-0.2, -0.15) is 0 Å². The molecule has 0 unspecified atom stereocenters. The van der Waals surface area contributed by atoms with Gasteiger partial charge in [-0.05, 0) is 38.4 Å². The Labute approximate surface area is 93.7 Å². The van der Waals surface area contributed by atoms with E-state index in [1.54, 1.807) is 0 Å². The molecule has 1 heterocycles. The van der Waals surface area contributed by atoms with Crippen LogP contribution in [0.4, 0.5) is 0 Å². The first-order chi connectivity index (χ1) is 7.29. The smallest absolute Gasteiger partial charge is 0.0359 e. The van der Waals surface area contributed by atoms with Crippen molar-refractivity contribution >= 4 is 0 Å². The van der Waals surface area contributed by atoms with Gasteiger partial charge in [-0.25, -0.2) is 0 Å². The van der Waals surface area contributed by atoms with Gasteiger partial charge in [0.05, 0.1) is 0 Å². The molecule has 0 aliphatic heterocycles. The lowest BCUT2D eigenvalue weighted by Gasteiger charge is -2.16. The maximum Gasteiger partial charge on any atom is 0.0359 e. The third-order valence-corrected chi connectivity index (χ3v) is 2.95. The number of nitrogens with zero attached hydrogens (tertiary/aromatic N) is 1. The van der Waals surface area contributed by atoms with E-state index >= 15 is 0 Å². The lowest BCUT2D eigenvalue weighted by atomic mass is 10.2. The first-order valence-corrected chi connectivity index (χ1v) is 6.16. The normalized spacial score (nSPS) is 13.0. The van der Waals surface area contributed by atoms with Gasteiger partial charge in [-0.15, -0.1) is 0 Å². The van der Waals surface area contributed by atoms with Crippen molar-refractivity contribution in [1.29, 1.82) is 0 Å². The van der Waals surface area contributed by atoms with Crippen molar-refractivity contribution in [3.8, 4) is 0 Å². The van der Waals surface area contributed by atoms with E-state index in [1.165, 1.54) is 25.0 Å². The molecule has 2 nitrogen and oxygen atoms in total. The first kappa shape index (κ1) is 12.3. The molecule has 0 spiro atoms. The lowest BCUT2D eigenvalue weighted by molar-refractivity contribution is 0.500. The molecule has 15 heavy (non-hydrogen) atoms. The molecule has 86 valence electrons. The minimum atomic E-state index is 0.614. The zero-order valence-corrected chi connectivity index (χ0v) is 10.3. The minimum absolute atomic E-state index is 0.614. The van der Waals surface area contributed by atoms with Crippen molar-refractivity contribution in [3.63, 3.8) is 0 Å². The average molecular weight is 208 g/mol. The van der Waals surface area contributed by atoms with Gasteiger partial charge >= 0.3 is 0 Å². The Hall–Kier alpha value is -0.760. The summed E-state index contributed by atoms with van der Waals surface area (Å²) in [7, 11) is 0. The van der Waals surface area contributed by atoms with Crippen LogP contribution in [0.3, 0.4) is 0 Å². The summed E-state index contributed by atoms with van der Waals surface area (Å²) in [5.41, 5.74) is 1.40. The van der Waals surface area contributed by atoms with Gasteiger partial charge in [-0.3, -0.25) is 0 Å². The molecule has 2 heteroatoms. The van der Waals surface area contributed by atoms with Gasteiger partial charge in [-0.1, -0.05) is 20.3 Å². The van der Waals surface area contributed by atoms with Crippen LogP contribution in [0.2, 0.25) is 0 Å². The van der Waals surface area contributed by atoms with Gasteiger partial charge in [0.15, 0.2) is 0 Å². The Balaban J connectivity index is 2.43. The maximum atomic E-state index is 3.49. The number of rotatable bonds is 7. The molecule has 1 aromatic rings. The number of unbranched alkanes of at least 4 members (excludes halogenated alkanes) is 1. The molecule has 0 aliphatic rings. The number of hydrogen-bond acceptors (Lipinski definition) is 1.